The first-order valence-corrected chi connectivity index (χ1v) is 3.52. The zero-order chi connectivity index (χ0) is 6.04. The van der Waals surface area contributed by atoms with Crippen LogP contribution in [0.3, 0.4) is 0 Å². The van der Waals surface area contributed by atoms with Crippen LogP contribution in [0.4, 0.5) is 0 Å². The molecule has 0 aromatic rings. The normalized spacial score (nSPS) is 39.8. The lowest BCUT2D eigenvalue weighted by molar-refractivity contribution is 0.00389. The molecule has 0 aromatic carbocycles. The first-order chi connectivity index (χ1) is 3.71. The fraction of sp³-hybridized carbons (Fsp3) is 1.00. The molecule has 1 unspecified atom stereocenters. The van der Waals surface area contributed by atoms with Crippen molar-refractivity contribution in [3.05, 3.63) is 0 Å². The zero-order valence-electron chi connectivity index (χ0n) is 5.18. The number of rotatable bonds is 0. The van der Waals surface area contributed by atoms with E-state index in [1.165, 1.54) is 12.8 Å². The highest BCUT2D eigenvalue weighted by atomic mass is 32.1. The molecule has 0 spiro atoms. The predicted molar refractivity (Wildman–Crippen MR) is 37.2 cm³/mol. The molecule has 1 aliphatic rings. The summed E-state index contributed by atoms with van der Waals surface area (Å²) in [6, 6.07) is 0. The Hall–Kier alpha value is 0.310. The first-order valence-electron chi connectivity index (χ1n) is 3.07. The van der Waals surface area contributed by atoms with Crippen molar-refractivity contribution in [1.82, 2.24) is 0 Å². The van der Waals surface area contributed by atoms with Gasteiger partial charge in [0.15, 0.2) is 0 Å². The Morgan fingerprint density at radius 1 is 1.50 bits per heavy atom. The Labute approximate surface area is 55.8 Å². The molecule has 2 heteroatoms. The molecular weight excluding hydrogens is 120 g/mol. The fourth-order valence-corrected chi connectivity index (χ4v) is 1.17. The predicted octanol–water partition coefficient (Wildman–Crippen LogP) is 1.83. The van der Waals surface area contributed by atoms with Crippen molar-refractivity contribution in [2.45, 2.75) is 31.1 Å². The molecule has 1 atom stereocenters. The van der Waals surface area contributed by atoms with E-state index in [1.54, 1.807) is 0 Å². The van der Waals surface area contributed by atoms with Crippen LogP contribution in [0.1, 0.15) is 26.2 Å². The summed E-state index contributed by atoms with van der Waals surface area (Å²) in [6.45, 7) is 2.91. The Kier molecular flexibility index (Phi) is 1.83. The molecule has 0 bridgehead atoms. The van der Waals surface area contributed by atoms with Gasteiger partial charge in [0.05, 0.1) is 0 Å². The Balaban J connectivity index is 2.33. The molecule has 1 heterocycles. The van der Waals surface area contributed by atoms with Crippen LogP contribution >= 0.6 is 12.6 Å². The van der Waals surface area contributed by atoms with E-state index in [4.69, 9.17) is 4.74 Å². The quantitative estimate of drug-likeness (QED) is 0.495. The van der Waals surface area contributed by atoms with Crippen molar-refractivity contribution in [2.24, 2.45) is 0 Å². The monoisotopic (exact) mass is 132 g/mol. The van der Waals surface area contributed by atoms with E-state index in [-0.39, 0.29) is 4.93 Å². The van der Waals surface area contributed by atoms with Gasteiger partial charge in [-0.1, -0.05) is 0 Å². The fourth-order valence-electron chi connectivity index (χ4n) is 0.919. The highest BCUT2D eigenvalue weighted by Crippen LogP contribution is 2.26. The molecular formula is C6H12OS. The lowest BCUT2D eigenvalue weighted by Crippen LogP contribution is -2.25. The molecule has 0 aliphatic carbocycles. The van der Waals surface area contributed by atoms with Gasteiger partial charge in [-0.15, -0.1) is 12.6 Å². The summed E-state index contributed by atoms with van der Waals surface area (Å²) in [5.74, 6) is 0. The Bertz CT molecular complexity index is 72.6. The zero-order valence-corrected chi connectivity index (χ0v) is 6.08. The average Bonchev–Trinajstić information content (AvgIpc) is 1.65. The molecule has 0 radical (unpaired) electrons. The highest BCUT2D eigenvalue weighted by Gasteiger charge is 2.21. The van der Waals surface area contributed by atoms with Gasteiger partial charge in [0.25, 0.3) is 0 Å². The van der Waals surface area contributed by atoms with Gasteiger partial charge in [-0.2, -0.15) is 0 Å². The highest BCUT2D eigenvalue weighted by molar-refractivity contribution is 7.81. The second-order valence-electron chi connectivity index (χ2n) is 2.48. The third-order valence-electron chi connectivity index (χ3n) is 1.45. The van der Waals surface area contributed by atoms with Crippen molar-refractivity contribution in [1.29, 1.82) is 0 Å². The van der Waals surface area contributed by atoms with E-state index in [0.717, 1.165) is 13.0 Å². The van der Waals surface area contributed by atoms with Crippen LogP contribution < -0.4 is 0 Å². The SMILES string of the molecule is CC1(S)CCCCO1. The molecule has 48 valence electrons. The largest absolute Gasteiger partial charge is 0.365 e. The molecule has 0 aromatic heterocycles. The second kappa shape index (κ2) is 2.28. The van der Waals surface area contributed by atoms with Crippen LogP contribution in [0.5, 0.6) is 0 Å². The smallest absolute Gasteiger partial charge is 0.108 e. The molecule has 0 amide bonds. The summed E-state index contributed by atoms with van der Waals surface area (Å²) in [4.78, 5) is -0.127. The van der Waals surface area contributed by atoms with Crippen LogP contribution in [0.2, 0.25) is 0 Å². The molecule has 1 saturated heterocycles. The van der Waals surface area contributed by atoms with E-state index in [9.17, 15) is 0 Å². The van der Waals surface area contributed by atoms with Crippen LogP contribution in [-0.2, 0) is 4.74 Å². The van der Waals surface area contributed by atoms with Crippen LogP contribution in [-0.4, -0.2) is 11.5 Å². The van der Waals surface area contributed by atoms with Crippen molar-refractivity contribution < 1.29 is 4.74 Å². The van der Waals surface area contributed by atoms with E-state index in [0.29, 0.717) is 0 Å². The summed E-state index contributed by atoms with van der Waals surface area (Å²) in [5, 5.41) is 0. The summed E-state index contributed by atoms with van der Waals surface area (Å²) in [7, 11) is 0. The van der Waals surface area contributed by atoms with E-state index in [2.05, 4.69) is 12.6 Å². The maximum atomic E-state index is 5.33. The summed E-state index contributed by atoms with van der Waals surface area (Å²) >= 11 is 4.30. The summed E-state index contributed by atoms with van der Waals surface area (Å²) in [5.41, 5.74) is 0. The topological polar surface area (TPSA) is 9.23 Å². The van der Waals surface area contributed by atoms with E-state index < -0.39 is 0 Å². The van der Waals surface area contributed by atoms with Crippen LogP contribution in [0.15, 0.2) is 0 Å². The van der Waals surface area contributed by atoms with Crippen molar-refractivity contribution in [3.8, 4) is 0 Å². The number of hydrogen-bond donors (Lipinski definition) is 1. The minimum absolute atomic E-state index is 0.127. The number of ether oxygens (including phenoxy) is 1. The maximum Gasteiger partial charge on any atom is 0.108 e. The number of hydrogen-bond acceptors (Lipinski definition) is 2. The van der Waals surface area contributed by atoms with Gasteiger partial charge in [0.1, 0.15) is 4.93 Å². The first kappa shape index (κ1) is 6.43. The standard InChI is InChI=1S/C6H12OS/c1-6(8)4-2-3-5-7-6/h8H,2-5H2,1H3. The Morgan fingerprint density at radius 2 is 2.25 bits per heavy atom. The van der Waals surface area contributed by atoms with Gasteiger partial charge < -0.3 is 4.74 Å². The molecule has 1 rings (SSSR count). The minimum atomic E-state index is -0.127. The van der Waals surface area contributed by atoms with Gasteiger partial charge in [-0.05, 0) is 26.2 Å². The maximum absolute atomic E-state index is 5.33. The Morgan fingerprint density at radius 3 is 2.50 bits per heavy atom. The van der Waals surface area contributed by atoms with Gasteiger partial charge in [-0.3, -0.25) is 0 Å². The molecule has 1 fully saturated rings. The minimum Gasteiger partial charge on any atom is -0.365 e. The second-order valence-corrected chi connectivity index (χ2v) is 3.43. The molecule has 8 heavy (non-hydrogen) atoms. The van der Waals surface area contributed by atoms with Gasteiger partial charge in [0.2, 0.25) is 0 Å². The van der Waals surface area contributed by atoms with Crippen LogP contribution in [0.25, 0.3) is 0 Å². The third-order valence-corrected chi connectivity index (χ3v) is 1.80. The number of thiol groups is 1. The van der Waals surface area contributed by atoms with Crippen molar-refractivity contribution >= 4 is 12.6 Å². The lowest BCUT2D eigenvalue weighted by Gasteiger charge is -2.28. The van der Waals surface area contributed by atoms with Gasteiger partial charge in [0, 0.05) is 6.61 Å². The molecule has 1 aliphatic heterocycles. The van der Waals surface area contributed by atoms with Crippen molar-refractivity contribution in [3.63, 3.8) is 0 Å². The third kappa shape index (κ3) is 1.67. The molecule has 1 nitrogen and oxygen atoms in total. The van der Waals surface area contributed by atoms with Gasteiger partial charge in [-0.25, -0.2) is 0 Å². The summed E-state index contributed by atoms with van der Waals surface area (Å²) in [6.07, 6.45) is 3.56. The van der Waals surface area contributed by atoms with E-state index >= 15 is 0 Å². The molecule has 0 saturated carbocycles. The van der Waals surface area contributed by atoms with Crippen molar-refractivity contribution in [2.75, 3.05) is 6.61 Å². The average molecular weight is 132 g/mol. The lowest BCUT2D eigenvalue weighted by atomic mass is 10.1. The van der Waals surface area contributed by atoms with Crippen LogP contribution in [0, 0.1) is 0 Å². The van der Waals surface area contributed by atoms with E-state index in [1.807, 2.05) is 6.92 Å². The van der Waals surface area contributed by atoms with Gasteiger partial charge >= 0.3 is 0 Å². The molecule has 0 N–H and O–H groups in total. The summed E-state index contributed by atoms with van der Waals surface area (Å²) < 4.78 is 5.33.